The minimum absolute atomic E-state index is 0.0404. The van der Waals surface area contributed by atoms with E-state index in [0.29, 0.717) is 18.6 Å². The average molecular weight is 279 g/mol. The summed E-state index contributed by atoms with van der Waals surface area (Å²) in [6.45, 7) is 1.83. The number of carbonyl (C=O) groups is 1. The molecule has 0 aliphatic heterocycles. The van der Waals surface area contributed by atoms with E-state index in [1.807, 2.05) is 31.2 Å². The van der Waals surface area contributed by atoms with Crippen molar-refractivity contribution in [3.05, 3.63) is 29.8 Å². The number of aryl methyl sites for hydroxylation is 1. The van der Waals surface area contributed by atoms with Crippen molar-refractivity contribution >= 4 is 5.91 Å². The van der Waals surface area contributed by atoms with Crippen LogP contribution in [0.1, 0.15) is 18.4 Å². The lowest BCUT2D eigenvalue weighted by atomic mass is 10.1. The number of ether oxygens (including phenoxy) is 1. The number of hydrogen-bond acceptors (Lipinski definition) is 4. The molecule has 0 heterocycles. The largest absolute Gasteiger partial charge is 0.484 e. The van der Waals surface area contributed by atoms with Gasteiger partial charge < -0.3 is 20.3 Å². The molecule has 110 valence electrons. The Balaban J connectivity index is 1.78. The number of carbonyl (C=O) groups excluding carboxylic acids is 1. The number of benzene rings is 1. The van der Waals surface area contributed by atoms with Gasteiger partial charge >= 0.3 is 0 Å². The molecule has 0 aromatic heterocycles. The summed E-state index contributed by atoms with van der Waals surface area (Å²) in [7, 11) is 0. The van der Waals surface area contributed by atoms with Crippen molar-refractivity contribution in [2.24, 2.45) is 5.92 Å². The van der Waals surface area contributed by atoms with Crippen molar-refractivity contribution in [3.8, 4) is 5.75 Å². The summed E-state index contributed by atoms with van der Waals surface area (Å²) < 4.78 is 5.46. The molecular weight excluding hydrogens is 258 g/mol. The van der Waals surface area contributed by atoms with Crippen molar-refractivity contribution < 1.29 is 19.7 Å². The fourth-order valence-electron chi connectivity index (χ4n) is 2.55. The highest BCUT2D eigenvalue weighted by Crippen LogP contribution is 2.25. The molecule has 20 heavy (non-hydrogen) atoms. The zero-order valence-corrected chi connectivity index (χ0v) is 11.6. The second kappa shape index (κ2) is 6.72. The predicted molar refractivity (Wildman–Crippen MR) is 74.4 cm³/mol. The first kappa shape index (κ1) is 14.8. The Morgan fingerprint density at radius 2 is 2.15 bits per heavy atom. The van der Waals surface area contributed by atoms with Gasteiger partial charge in [0.05, 0.1) is 6.10 Å². The number of aliphatic hydroxyl groups is 2. The summed E-state index contributed by atoms with van der Waals surface area (Å²) in [6.07, 6.45) is 0.553. The van der Waals surface area contributed by atoms with E-state index in [-0.39, 0.29) is 31.1 Å². The van der Waals surface area contributed by atoms with Crippen LogP contribution in [-0.4, -0.2) is 41.5 Å². The maximum absolute atomic E-state index is 11.8. The Hall–Kier alpha value is -1.59. The molecule has 1 saturated carbocycles. The molecule has 2 rings (SSSR count). The molecule has 1 aromatic carbocycles. The Morgan fingerprint density at radius 3 is 2.80 bits per heavy atom. The van der Waals surface area contributed by atoms with Crippen LogP contribution < -0.4 is 10.1 Å². The summed E-state index contributed by atoms with van der Waals surface area (Å²) in [5.41, 5.74) is 0.983. The SMILES string of the molecule is Cc1ccccc1OCC(=O)N[C@H]1C[C@@H](CO)[C@@H](O)C1. The first-order chi connectivity index (χ1) is 9.60. The number of hydrogen-bond donors (Lipinski definition) is 3. The van der Waals surface area contributed by atoms with E-state index in [9.17, 15) is 9.90 Å². The Bertz CT molecular complexity index is 463. The third-order valence-corrected chi connectivity index (χ3v) is 3.71. The monoisotopic (exact) mass is 279 g/mol. The zero-order chi connectivity index (χ0) is 14.5. The standard InChI is InChI=1S/C15H21NO4/c1-10-4-2-3-5-14(10)20-9-15(19)16-12-6-11(8-17)13(18)7-12/h2-5,11-13,17-18H,6-9H2,1H3,(H,16,19)/t11-,12-,13-/m0/s1. The number of aliphatic hydroxyl groups excluding tert-OH is 2. The molecule has 0 radical (unpaired) electrons. The Labute approximate surface area is 118 Å². The summed E-state index contributed by atoms with van der Waals surface area (Å²) in [5, 5.41) is 21.6. The molecule has 5 heteroatoms. The number of amides is 1. The molecule has 5 nitrogen and oxygen atoms in total. The highest BCUT2D eigenvalue weighted by atomic mass is 16.5. The molecule has 0 unspecified atom stereocenters. The minimum atomic E-state index is -0.539. The second-order valence-corrected chi connectivity index (χ2v) is 5.30. The third kappa shape index (κ3) is 3.71. The fraction of sp³-hybridized carbons (Fsp3) is 0.533. The number of nitrogens with one attached hydrogen (secondary N) is 1. The first-order valence-corrected chi connectivity index (χ1v) is 6.87. The van der Waals surface area contributed by atoms with E-state index in [4.69, 9.17) is 9.84 Å². The molecule has 0 saturated heterocycles. The minimum Gasteiger partial charge on any atom is -0.484 e. The Morgan fingerprint density at radius 1 is 1.40 bits per heavy atom. The molecule has 0 bridgehead atoms. The molecule has 3 N–H and O–H groups in total. The van der Waals surface area contributed by atoms with E-state index in [1.165, 1.54) is 0 Å². The number of rotatable bonds is 5. The second-order valence-electron chi connectivity index (χ2n) is 5.30. The van der Waals surface area contributed by atoms with Crippen LogP contribution in [0.5, 0.6) is 5.75 Å². The van der Waals surface area contributed by atoms with Crippen LogP contribution in [0.25, 0.3) is 0 Å². The van der Waals surface area contributed by atoms with Crippen LogP contribution in [0.2, 0.25) is 0 Å². The summed E-state index contributed by atoms with van der Waals surface area (Å²) in [6, 6.07) is 7.43. The average Bonchev–Trinajstić information content (AvgIpc) is 2.77. The number of para-hydroxylation sites is 1. The van der Waals surface area contributed by atoms with Crippen molar-refractivity contribution in [1.29, 1.82) is 0 Å². The summed E-state index contributed by atoms with van der Waals surface area (Å²) in [4.78, 5) is 11.8. The van der Waals surface area contributed by atoms with Crippen LogP contribution in [0.15, 0.2) is 24.3 Å². The topological polar surface area (TPSA) is 78.8 Å². The molecule has 1 fully saturated rings. The molecule has 1 aromatic rings. The summed E-state index contributed by atoms with van der Waals surface area (Å²) in [5.74, 6) is 0.351. The lowest BCUT2D eigenvalue weighted by molar-refractivity contribution is -0.123. The van der Waals surface area contributed by atoms with Crippen molar-refractivity contribution in [2.75, 3.05) is 13.2 Å². The molecule has 1 aliphatic carbocycles. The Kier molecular flexibility index (Phi) is 4.98. The quantitative estimate of drug-likeness (QED) is 0.738. The van der Waals surface area contributed by atoms with E-state index in [1.54, 1.807) is 0 Å². The highest BCUT2D eigenvalue weighted by Gasteiger charge is 2.33. The normalized spacial score (nSPS) is 25.4. The van der Waals surface area contributed by atoms with Crippen LogP contribution >= 0.6 is 0 Å². The molecular formula is C15H21NO4. The van der Waals surface area contributed by atoms with E-state index >= 15 is 0 Å². The fourth-order valence-corrected chi connectivity index (χ4v) is 2.55. The van der Waals surface area contributed by atoms with E-state index in [2.05, 4.69) is 5.32 Å². The zero-order valence-electron chi connectivity index (χ0n) is 11.6. The van der Waals surface area contributed by atoms with Gasteiger partial charge in [-0.25, -0.2) is 0 Å². The first-order valence-electron chi connectivity index (χ1n) is 6.87. The van der Waals surface area contributed by atoms with E-state index in [0.717, 1.165) is 5.56 Å². The maximum atomic E-state index is 11.8. The van der Waals surface area contributed by atoms with Gasteiger partial charge in [-0.3, -0.25) is 4.79 Å². The van der Waals surface area contributed by atoms with Crippen LogP contribution in [0.4, 0.5) is 0 Å². The highest BCUT2D eigenvalue weighted by molar-refractivity contribution is 5.77. The van der Waals surface area contributed by atoms with Crippen molar-refractivity contribution in [3.63, 3.8) is 0 Å². The smallest absolute Gasteiger partial charge is 0.258 e. The summed E-state index contributed by atoms with van der Waals surface area (Å²) >= 11 is 0. The van der Waals surface area contributed by atoms with Gasteiger partial charge in [-0.1, -0.05) is 18.2 Å². The molecule has 0 spiro atoms. The van der Waals surface area contributed by atoms with Gasteiger partial charge in [0.25, 0.3) is 5.91 Å². The van der Waals surface area contributed by atoms with Gasteiger partial charge in [0, 0.05) is 18.6 Å². The predicted octanol–water partition coefficient (Wildman–Crippen LogP) is 0.622. The van der Waals surface area contributed by atoms with Crippen LogP contribution in [0, 0.1) is 12.8 Å². The molecule has 1 amide bonds. The van der Waals surface area contributed by atoms with Gasteiger partial charge in [-0.2, -0.15) is 0 Å². The third-order valence-electron chi connectivity index (χ3n) is 3.71. The van der Waals surface area contributed by atoms with Gasteiger partial charge in [0.15, 0.2) is 6.61 Å². The molecule has 1 aliphatic rings. The molecule has 3 atom stereocenters. The van der Waals surface area contributed by atoms with Crippen molar-refractivity contribution in [2.45, 2.75) is 31.9 Å². The van der Waals surface area contributed by atoms with Crippen molar-refractivity contribution in [1.82, 2.24) is 5.32 Å². The lowest BCUT2D eigenvalue weighted by Crippen LogP contribution is -2.36. The van der Waals surface area contributed by atoms with Crippen LogP contribution in [-0.2, 0) is 4.79 Å². The van der Waals surface area contributed by atoms with Gasteiger partial charge in [0.1, 0.15) is 5.75 Å². The van der Waals surface area contributed by atoms with Gasteiger partial charge in [0.2, 0.25) is 0 Å². The van der Waals surface area contributed by atoms with Gasteiger partial charge in [-0.15, -0.1) is 0 Å². The van der Waals surface area contributed by atoms with E-state index < -0.39 is 6.10 Å². The van der Waals surface area contributed by atoms with Crippen LogP contribution in [0.3, 0.4) is 0 Å². The lowest BCUT2D eigenvalue weighted by Gasteiger charge is -2.13. The van der Waals surface area contributed by atoms with Gasteiger partial charge in [-0.05, 0) is 31.4 Å². The maximum Gasteiger partial charge on any atom is 0.258 e.